The van der Waals surface area contributed by atoms with Crippen LogP contribution < -0.4 is 9.34 Å². The third-order valence-electron chi connectivity index (χ3n) is 9.27. The highest BCUT2D eigenvalue weighted by molar-refractivity contribution is 8.30. The van der Waals surface area contributed by atoms with Crippen LogP contribution in [0.15, 0.2) is 107 Å². The maximum absolute atomic E-state index is 7.26. The maximum Gasteiger partial charge on any atom is 0.183 e. The molecule has 0 saturated carbocycles. The molecule has 0 spiro atoms. The van der Waals surface area contributed by atoms with E-state index < -0.39 is 12.7 Å². The minimum absolute atomic E-state index is 0.588. The van der Waals surface area contributed by atoms with Crippen molar-refractivity contribution in [3.05, 3.63) is 119 Å². The van der Waals surface area contributed by atoms with Gasteiger partial charge in [-0.15, -0.1) is 0 Å². The molecule has 8 nitrogen and oxygen atoms in total. The summed E-state index contributed by atoms with van der Waals surface area (Å²) in [5.74, 6) is 0. The molecule has 2 unspecified atom stereocenters. The van der Waals surface area contributed by atoms with Gasteiger partial charge in [-0.1, -0.05) is 70.8 Å². The standard InChI is InChI=1S/C38H44N6O2P2S2/c1-29-5-13-33(14-6-29)39-37-43(35-17-9-31(3)10-18-35)48(50,42-23-27-46-28-24-42)38(40-34-15-7-30(2)8-16-34)44(36-19-11-32(4)12-20-36)47(37,49)41-21-25-45-26-22-41/h5-20H,21-28H2,1-4H3. The molecule has 3 aliphatic rings. The number of morpholine rings is 2. The normalized spacial score (nSPS) is 25.4. The van der Waals surface area contributed by atoms with Gasteiger partial charge in [0.1, 0.15) is 0 Å². The molecule has 7 rings (SSSR count). The number of rotatable bonds is 6. The zero-order valence-corrected chi connectivity index (χ0v) is 32.5. The van der Waals surface area contributed by atoms with Crippen molar-refractivity contribution in [1.82, 2.24) is 9.34 Å². The molecule has 3 heterocycles. The first-order chi connectivity index (χ1) is 24.2. The van der Waals surface area contributed by atoms with E-state index in [9.17, 15) is 0 Å². The molecule has 0 amide bonds. The van der Waals surface area contributed by atoms with E-state index >= 15 is 0 Å². The van der Waals surface area contributed by atoms with E-state index in [2.05, 4.69) is 143 Å². The molecule has 4 aromatic carbocycles. The lowest BCUT2D eigenvalue weighted by Crippen LogP contribution is -2.56. The van der Waals surface area contributed by atoms with Crippen LogP contribution in [0.25, 0.3) is 0 Å². The molecular formula is C38H44N6O2P2S2. The molecule has 4 aromatic rings. The fraction of sp³-hybridized carbons (Fsp3) is 0.316. The molecule has 0 radical (unpaired) electrons. The van der Waals surface area contributed by atoms with Crippen LogP contribution in [0.2, 0.25) is 0 Å². The molecule has 3 saturated heterocycles. The van der Waals surface area contributed by atoms with Crippen molar-refractivity contribution in [2.45, 2.75) is 27.7 Å². The fourth-order valence-electron chi connectivity index (χ4n) is 6.43. The summed E-state index contributed by atoms with van der Waals surface area (Å²) in [5.41, 5.74) is 9.93. The van der Waals surface area contributed by atoms with Crippen molar-refractivity contribution in [3.63, 3.8) is 0 Å². The number of hydrogen-bond donors (Lipinski definition) is 0. The highest BCUT2D eigenvalue weighted by Gasteiger charge is 2.57. The molecule has 2 atom stereocenters. The molecule has 260 valence electrons. The Morgan fingerprint density at radius 1 is 0.460 bits per heavy atom. The van der Waals surface area contributed by atoms with Crippen LogP contribution in [0.5, 0.6) is 0 Å². The Hall–Kier alpha value is -3.04. The lowest BCUT2D eigenvalue weighted by molar-refractivity contribution is 0.0746. The first-order valence-electron chi connectivity index (χ1n) is 17.1. The van der Waals surface area contributed by atoms with E-state index in [1.807, 2.05) is 0 Å². The van der Waals surface area contributed by atoms with Gasteiger partial charge < -0.3 is 9.47 Å². The summed E-state index contributed by atoms with van der Waals surface area (Å²) < 4.78 is 21.5. The number of ether oxygens (including phenoxy) is 2. The van der Waals surface area contributed by atoms with Crippen LogP contribution in [-0.4, -0.2) is 73.1 Å². The summed E-state index contributed by atoms with van der Waals surface area (Å²) in [6.07, 6.45) is -6.04. The number of benzene rings is 4. The number of aryl methyl sites for hydroxylation is 4. The predicted octanol–water partition coefficient (Wildman–Crippen LogP) is 8.91. The van der Waals surface area contributed by atoms with Gasteiger partial charge in [0.15, 0.2) is 23.8 Å². The van der Waals surface area contributed by atoms with Crippen LogP contribution in [0.1, 0.15) is 22.3 Å². The Labute approximate surface area is 306 Å². The Morgan fingerprint density at radius 3 is 1.04 bits per heavy atom. The number of hydrogen-bond acceptors (Lipinski definition) is 6. The van der Waals surface area contributed by atoms with Gasteiger partial charge in [-0.2, -0.15) is 0 Å². The van der Waals surface area contributed by atoms with Crippen molar-refractivity contribution in [1.29, 1.82) is 0 Å². The zero-order chi connectivity index (χ0) is 34.9. The third kappa shape index (κ3) is 6.81. The first-order valence-corrected chi connectivity index (χ1v) is 22.5. The van der Waals surface area contributed by atoms with Crippen LogP contribution in [0, 0.1) is 27.7 Å². The second-order valence-electron chi connectivity index (χ2n) is 13.0. The van der Waals surface area contributed by atoms with E-state index in [4.69, 9.17) is 43.1 Å². The van der Waals surface area contributed by atoms with Crippen LogP contribution in [0.3, 0.4) is 0 Å². The van der Waals surface area contributed by atoms with Crippen LogP contribution in [0.4, 0.5) is 22.7 Å². The SMILES string of the molecule is Cc1ccc(N=C2N(c3ccc(C)cc3)P(=S)(N3CCOCC3)C(=Nc3ccc(C)cc3)N(c3ccc(C)cc3)P2(=S)N2CCOCC2)cc1. The van der Waals surface area contributed by atoms with E-state index in [1.54, 1.807) is 0 Å². The summed E-state index contributed by atoms with van der Waals surface area (Å²) in [5, 5.41) is 0. The lowest BCUT2D eigenvalue weighted by atomic mass is 10.2. The largest absolute Gasteiger partial charge is 0.379 e. The molecule has 0 bridgehead atoms. The molecule has 0 N–H and O–H groups in total. The van der Waals surface area contributed by atoms with Crippen molar-refractivity contribution < 1.29 is 9.47 Å². The number of nitrogens with zero attached hydrogens (tertiary/aromatic N) is 6. The maximum atomic E-state index is 7.26. The van der Waals surface area contributed by atoms with E-state index in [0.29, 0.717) is 52.6 Å². The van der Waals surface area contributed by atoms with Gasteiger partial charge in [0, 0.05) is 37.6 Å². The summed E-state index contributed by atoms with van der Waals surface area (Å²) in [6.45, 7) is 13.5. The van der Waals surface area contributed by atoms with Gasteiger partial charge in [0.05, 0.1) is 37.8 Å². The molecule has 3 aliphatic heterocycles. The third-order valence-corrected chi connectivity index (χ3v) is 18.8. The average molecular weight is 743 g/mol. The van der Waals surface area contributed by atoms with Gasteiger partial charge in [-0.05, 0) is 99.8 Å². The van der Waals surface area contributed by atoms with Gasteiger partial charge in [-0.3, -0.25) is 9.34 Å². The Bertz CT molecular complexity index is 1830. The number of aliphatic imine (C=N–C) groups is 2. The molecule has 3 fully saturated rings. The zero-order valence-electron chi connectivity index (χ0n) is 29.1. The molecular weight excluding hydrogens is 699 g/mol. The Kier molecular flexibility index (Phi) is 10.5. The Balaban J connectivity index is 1.62. The average Bonchev–Trinajstić information content (AvgIpc) is 3.14. The van der Waals surface area contributed by atoms with Crippen molar-refractivity contribution in [2.24, 2.45) is 9.98 Å². The van der Waals surface area contributed by atoms with Crippen LogP contribution >= 0.6 is 12.7 Å². The van der Waals surface area contributed by atoms with Gasteiger partial charge in [0.25, 0.3) is 0 Å². The van der Waals surface area contributed by atoms with Gasteiger partial charge in [0.2, 0.25) is 0 Å². The number of amidine groups is 2. The van der Waals surface area contributed by atoms with Gasteiger partial charge in [-0.25, -0.2) is 19.3 Å². The quantitative estimate of drug-likeness (QED) is 0.182. The predicted molar refractivity (Wildman–Crippen MR) is 217 cm³/mol. The fourth-order valence-corrected chi connectivity index (χ4v) is 16.9. The summed E-state index contributed by atoms with van der Waals surface area (Å²) in [6, 6.07) is 34.1. The first kappa shape index (κ1) is 35.4. The van der Waals surface area contributed by atoms with Gasteiger partial charge >= 0.3 is 0 Å². The van der Waals surface area contributed by atoms with Crippen LogP contribution in [-0.2, 0) is 33.1 Å². The summed E-state index contributed by atoms with van der Waals surface area (Å²) in [4.78, 5) is 11.2. The summed E-state index contributed by atoms with van der Waals surface area (Å²) >= 11 is 14.5. The topological polar surface area (TPSA) is 56.1 Å². The molecule has 12 heteroatoms. The lowest BCUT2D eigenvalue weighted by Gasteiger charge is -2.57. The van der Waals surface area contributed by atoms with Crippen molar-refractivity contribution >= 4 is 70.2 Å². The highest BCUT2D eigenvalue weighted by Crippen LogP contribution is 2.73. The molecule has 50 heavy (non-hydrogen) atoms. The second-order valence-corrected chi connectivity index (χ2v) is 21.0. The summed E-state index contributed by atoms with van der Waals surface area (Å²) in [7, 11) is 0. The second kappa shape index (κ2) is 14.9. The van der Waals surface area contributed by atoms with E-state index in [0.717, 1.165) is 33.9 Å². The van der Waals surface area contributed by atoms with E-state index in [-0.39, 0.29) is 0 Å². The monoisotopic (exact) mass is 742 g/mol. The highest BCUT2D eigenvalue weighted by atomic mass is 32.5. The molecule has 0 aliphatic carbocycles. The Morgan fingerprint density at radius 2 is 0.740 bits per heavy atom. The molecule has 0 aromatic heterocycles. The van der Waals surface area contributed by atoms with E-state index in [1.165, 1.54) is 22.3 Å². The minimum atomic E-state index is -3.02. The number of anilines is 2. The minimum Gasteiger partial charge on any atom is -0.379 e. The van der Waals surface area contributed by atoms with Crippen molar-refractivity contribution in [2.75, 3.05) is 61.9 Å². The van der Waals surface area contributed by atoms with Crippen molar-refractivity contribution in [3.8, 4) is 0 Å². The smallest absolute Gasteiger partial charge is 0.183 e.